The molecule has 2 aromatic rings. The van der Waals surface area contributed by atoms with Crippen molar-refractivity contribution < 1.29 is 14.3 Å². The molecule has 1 saturated heterocycles. The maximum Gasteiger partial charge on any atom is 0.272 e. The molecule has 8 heteroatoms. The standard InChI is InChI=1S/C22H26N4O3S/c1-30-17-7-5-16(6-8-17)29-19-10-9-18(24-20(19)21(23)27)22(28)26-12-2-11-25(13-14-26)15-3-4-15/h5-10,15H,2-4,11-14H2,1H3,(H2,23,27). The summed E-state index contributed by atoms with van der Waals surface area (Å²) in [5, 5.41) is 0. The van der Waals surface area contributed by atoms with Crippen LogP contribution in [0.15, 0.2) is 41.3 Å². The van der Waals surface area contributed by atoms with E-state index in [1.54, 1.807) is 23.9 Å². The Bertz CT molecular complexity index is 930. The summed E-state index contributed by atoms with van der Waals surface area (Å²) < 4.78 is 5.81. The molecular formula is C22H26N4O3S. The number of carbonyl (C=O) groups is 2. The molecule has 2 N–H and O–H groups in total. The van der Waals surface area contributed by atoms with Crippen molar-refractivity contribution in [2.75, 3.05) is 32.4 Å². The fourth-order valence-electron chi connectivity index (χ4n) is 3.70. The van der Waals surface area contributed by atoms with Crippen LogP contribution in [-0.2, 0) is 0 Å². The molecule has 2 aliphatic rings. The summed E-state index contributed by atoms with van der Waals surface area (Å²) in [6.45, 7) is 3.27. The molecule has 2 heterocycles. The molecule has 30 heavy (non-hydrogen) atoms. The van der Waals surface area contributed by atoms with E-state index in [-0.39, 0.29) is 23.0 Å². The number of thioether (sulfide) groups is 1. The van der Waals surface area contributed by atoms with E-state index in [1.807, 2.05) is 35.4 Å². The van der Waals surface area contributed by atoms with E-state index < -0.39 is 5.91 Å². The van der Waals surface area contributed by atoms with Crippen molar-refractivity contribution in [1.82, 2.24) is 14.8 Å². The molecule has 7 nitrogen and oxygen atoms in total. The zero-order valence-electron chi connectivity index (χ0n) is 17.0. The van der Waals surface area contributed by atoms with Crippen LogP contribution < -0.4 is 10.5 Å². The van der Waals surface area contributed by atoms with E-state index in [2.05, 4.69) is 9.88 Å². The van der Waals surface area contributed by atoms with Crippen LogP contribution in [0.3, 0.4) is 0 Å². The molecule has 0 spiro atoms. The lowest BCUT2D eigenvalue weighted by Crippen LogP contribution is -2.36. The quantitative estimate of drug-likeness (QED) is 0.715. The highest BCUT2D eigenvalue weighted by atomic mass is 32.2. The van der Waals surface area contributed by atoms with E-state index in [4.69, 9.17) is 10.5 Å². The minimum atomic E-state index is -0.726. The molecule has 2 fully saturated rings. The van der Waals surface area contributed by atoms with Gasteiger partial charge >= 0.3 is 0 Å². The zero-order chi connectivity index (χ0) is 21.1. The molecule has 1 aromatic heterocycles. The van der Waals surface area contributed by atoms with Gasteiger partial charge in [-0.2, -0.15) is 0 Å². The number of nitrogens with zero attached hydrogens (tertiary/aromatic N) is 3. The minimum Gasteiger partial charge on any atom is -0.455 e. The van der Waals surface area contributed by atoms with Gasteiger partial charge in [0.2, 0.25) is 0 Å². The smallest absolute Gasteiger partial charge is 0.272 e. The first-order chi connectivity index (χ1) is 14.5. The fraction of sp³-hybridized carbons (Fsp3) is 0.409. The average Bonchev–Trinajstić information content (AvgIpc) is 3.60. The molecular weight excluding hydrogens is 400 g/mol. The van der Waals surface area contributed by atoms with Gasteiger partial charge in [0.1, 0.15) is 11.4 Å². The summed E-state index contributed by atoms with van der Waals surface area (Å²) in [6, 6.07) is 11.4. The highest BCUT2D eigenvalue weighted by molar-refractivity contribution is 7.98. The van der Waals surface area contributed by atoms with Crippen LogP contribution in [0.1, 0.15) is 40.2 Å². The first kappa shape index (κ1) is 20.7. The molecule has 4 rings (SSSR count). The number of pyridine rings is 1. The van der Waals surface area contributed by atoms with Crippen molar-refractivity contribution in [2.24, 2.45) is 5.73 Å². The monoisotopic (exact) mass is 426 g/mol. The van der Waals surface area contributed by atoms with E-state index in [0.29, 0.717) is 24.9 Å². The summed E-state index contributed by atoms with van der Waals surface area (Å²) in [5.74, 6) is -0.0854. The Hall–Kier alpha value is -2.58. The number of rotatable bonds is 6. The Labute approximate surface area is 180 Å². The second-order valence-electron chi connectivity index (χ2n) is 7.60. The number of aromatic nitrogens is 1. The Morgan fingerprint density at radius 3 is 2.50 bits per heavy atom. The first-order valence-corrected chi connectivity index (χ1v) is 11.4. The van der Waals surface area contributed by atoms with Crippen LogP contribution in [0, 0.1) is 0 Å². The second kappa shape index (κ2) is 9.06. The average molecular weight is 427 g/mol. The molecule has 1 aromatic carbocycles. The number of ether oxygens (including phenoxy) is 1. The van der Waals surface area contributed by atoms with Crippen molar-refractivity contribution in [2.45, 2.75) is 30.2 Å². The summed E-state index contributed by atoms with van der Waals surface area (Å²) in [7, 11) is 0. The fourth-order valence-corrected chi connectivity index (χ4v) is 4.11. The Morgan fingerprint density at radius 1 is 1.07 bits per heavy atom. The van der Waals surface area contributed by atoms with Crippen LogP contribution in [0.5, 0.6) is 11.5 Å². The summed E-state index contributed by atoms with van der Waals surface area (Å²) in [5.41, 5.74) is 5.71. The predicted octanol–water partition coefficient (Wildman–Crippen LogP) is 3.01. The summed E-state index contributed by atoms with van der Waals surface area (Å²) in [4.78, 5) is 34.7. The first-order valence-electron chi connectivity index (χ1n) is 10.2. The van der Waals surface area contributed by atoms with Crippen molar-refractivity contribution in [3.8, 4) is 11.5 Å². The molecule has 158 valence electrons. The normalized spacial score (nSPS) is 17.4. The lowest BCUT2D eigenvalue weighted by Gasteiger charge is -2.21. The molecule has 1 saturated carbocycles. The van der Waals surface area contributed by atoms with Crippen LogP contribution in [0.25, 0.3) is 0 Å². The SMILES string of the molecule is CSc1ccc(Oc2ccc(C(=O)N3CCCN(C4CC4)CC3)nc2C(N)=O)cc1. The molecule has 0 radical (unpaired) electrons. The van der Waals surface area contributed by atoms with Crippen LogP contribution >= 0.6 is 11.8 Å². The van der Waals surface area contributed by atoms with E-state index in [1.165, 1.54) is 12.8 Å². The Balaban J connectivity index is 1.50. The van der Waals surface area contributed by atoms with Gasteiger partial charge in [0.15, 0.2) is 11.4 Å². The number of primary amides is 1. The number of amides is 2. The van der Waals surface area contributed by atoms with Crippen molar-refractivity contribution >= 4 is 23.6 Å². The van der Waals surface area contributed by atoms with E-state index in [9.17, 15) is 9.59 Å². The predicted molar refractivity (Wildman–Crippen MR) is 116 cm³/mol. The lowest BCUT2D eigenvalue weighted by molar-refractivity contribution is 0.0755. The van der Waals surface area contributed by atoms with Gasteiger partial charge in [0.05, 0.1) is 0 Å². The molecule has 1 aliphatic heterocycles. The van der Waals surface area contributed by atoms with Gasteiger partial charge < -0.3 is 15.4 Å². The van der Waals surface area contributed by atoms with Gasteiger partial charge in [0.25, 0.3) is 11.8 Å². The van der Waals surface area contributed by atoms with Crippen molar-refractivity contribution in [1.29, 1.82) is 0 Å². The Morgan fingerprint density at radius 2 is 1.83 bits per heavy atom. The number of hydrogen-bond donors (Lipinski definition) is 1. The molecule has 0 unspecified atom stereocenters. The van der Waals surface area contributed by atoms with E-state index in [0.717, 1.165) is 24.4 Å². The van der Waals surface area contributed by atoms with Crippen LogP contribution in [-0.4, -0.2) is 65.1 Å². The number of benzene rings is 1. The largest absolute Gasteiger partial charge is 0.455 e. The lowest BCUT2D eigenvalue weighted by atomic mass is 10.2. The Kier molecular flexibility index (Phi) is 6.24. The third-order valence-corrected chi connectivity index (χ3v) is 6.22. The molecule has 0 atom stereocenters. The third-order valence-electron chi connectivity index (χ3n) is 5.48. The van der Waals surface area contributed by atoms with Crippen LogP contribution in [0.4, 0.5) is 0 Å². The number of carbonyl (C=O) groups excluding carboxylic acids is 2. The second-order valence-corrected chi connectivity index (χ2v) is 8.48. The number of hydrogen-bond acceptors (Lipinski definition) is 6. The van der Waals surface area contributed by atoms with Gasteiger partial charge in [-0.1, -0.05) is 0 Å². The molecule has 1 aliphatic carbocycles. The van der Waals surface area contributed by atoms with Gasteiger partial charge in [0, 0.05) is 37.1 Å². The summed E-state index contributed by atoms with van der Waals surface area (Å²) >= 11 is 1.63. The number of nitrogens with two attached hydrogens (primary N) is 1. The zero-order valence-corrected chi connectivity index (χ0v) is 17.9. The van der Waals surface area contributed by atoms with Crippen molar-refractivity contribution in [3.63, 3.8) is 0 Å². The van der Waals surface area contributed by atoms with Gasteiger partial charge in [-0.3, -0.25) is 14.5 Å². The van der Waals surface area contributed by atoms with Crippen LogP contribution in [0.2, 0.25) is 0 Å². The van der Waals surface area contributed by atoms with Gasteiger partial charge in [-0.15, -0.1) is 11.8 Å². The summed E-state index contributed by atoms with van der Waals surface area (Å²) in [6.07, 6.45) is 5.46. The molecule has 0 bridgehead atoms. The highest BCUT2D eigenvalue weighted by Gasteiger charge is 2.31. The third kappa shape index (κ3) is 4.76. The van der Waals surface area contributed by atoms with Crippen molar-refractivity contribution in [3.05, 3.63) is 47.8 Å². The maximum atomic E-state index is 13.0. The van der Waals surface area contributed by atoms with Gasteiger partial charge in [-0.25, -0.2) is 4.98 Å². The van der Waals surface area contributed by atoms with E-state index >= 15 is 0 Å². The maximum absolute atomic E-state index is 13.0. The topological polar surface area (TPSA) is 88.8 Å². The van der Waals surface area contributed by atoms with Gasteiger partial charge in [-0.05, 0) is 61.9 Å². The highest BCUT2D eigenvalue weighted by Crippen LogP contribution is 2.29. The molecule has 2 amide bonds. The minimum absolute atomic E-state index is 0.0378.